The SMILES string of the molecule is COC(Cc1ccc(OC(C)n2c3sccc3c3ccsc32)cc1)C(=O)O. The minimum atomic E-state index is -0.959. The minimum absolute atomic E-state index is 0.154. The van der Waals surface area contributed by atoms with Gasteiger partial charge in [0.25, 0.3) is 0 Å². The van der Waals surface area contributed by atoms with Gasteiger partial charge in [0.15, 0.2) is 12.3 Å². The fourth-order valence-electron chi connectivity index (χ4n) is 3.25. The second kappa shape index (κ2) is 7.34. The van der Waals surface area contributed by atoms with Crippen molar-refractivity contribution in [2.45, 2.75) is 25.7 Å². The summed E-state index contributed by atoms with van der Waals surface area (Å²) in [6.07, 6.45) is -0.668. The van der Waals surface area contributed by atoms with E-state index in [2.05, 4.69) is 27.5 Å². The fraction of sp³-hybridized carbons (Fsp3) is 0.250. The van der Waals surface area contributed by atoms with Gasteiger partial charge in [-0.15, -0.1) is 22.7 Å². The Labute approximate surface area is 164 Å². The first-order chi connectivity index (χ1) is 13.1. The number of aliphatic carboxylic acids is 1. The molecule has 27 heavy (non-hydrogen) atoms. The van der Waals surface area contributed by atoms with E-state index in [0.29, 0.717) is 6.42 Å². The molecule has 4 rings (SSSR count). The number of hydrogen-bond donors (Lipinski definition) is 1. The van der Waals surface area contributed by atoms with Gasteiger partial charge in [-0.2, -0.15) is 0 Å². The van der Waals surface area contributed by atoms with Crippen LogP contribution in [0, 0.1) is 0 Å². The zero-order chi connectivity index (χ0) is 19.0. The third-order valence-corrected chi connectivity index (χ3v) is 6.42. The molecule has 0 aliphatic rings. The highest BCUT2D eigenvalue weighted by atomic mass is 32.1. The van der Waals surface area contributed by atoms with E-state index >= 15 is 0 Å². The number of aromatic nitrogens is 1. The Morgan fingerprint density at radius 3 is 2.19 bits per heavy atom. The van der Waals surface area contributed by atoms with Gasteiger partial charge in [-0.05, 0) is 47.5 Å². The summed E-state index contributed by atoms with van der Waals surface area (Å²) in [6.45, 7) is 2.04. The first-order valence-corrected chi connectivity index (χ1v) is 10.3. The molecule has 2 atom stereocenters. The van der Waals surface area contributed by atoms with Crippen molar-refractivity contribution in [1.29, 1.82) is 0 Å². The summed E-state index contributed by atoms with van der Waals surface area (Å²) in [5, 5.41) is 15.8. The van der Waals surface area contributed by atoms with E-state index in [1.54, 1.807) is 22.7 Å². The number of ether oxygens (including phenoxy) is 2. The average Bonchev–Trinajstić information content (AvgIpc) is 3.34. The Morgan fingerprint density at radius 1 is 1.07 bits per heavy atom. The number of carboxylic acids is 1. The number of methoxy groups -OCH3 is 1. The molecule has 3 heterocycles. The molecule has 0 radical (unpaired) electrons. The van der Waals surface area contributed by atoms with Crippen molar-refractivity contribution < 1.29 is 19.4 Å². The summed E-state index contributed by atoms with van der Waals surface area (Å²) in [4.78, 5) is 13.5. The van der Waals surface area contributed by atoms with Crippen LogP contribution in [0.3, 0.4) is 0 Å². The first kappa shape index (κ1) is 18.0. The number of nitrogens with zero attached hydrogens (tertiary/aromatic N) is 1. The third-order valence-electron chi connectivity index (χ3n) is 4.59. The van der Waals surface area contributed by atoms with Gasteiger partial charge in [-0.3, -0.25) is 4.57 Å². The number of benzene rings is 1. The summed E-state index contributed by atoms with van der Waals surface area (Å²) in [7, 11) is 1.41. The summed E-state index contributed by atoms with van der Waals surface area (Å²) in [5.41, 5.74) is 0.895. The van der Waals surface area contributed by atoms with Crippen LogP contribution in [0.1, 0.15) is 18.7 Å². The molecule has 0 bridgehead atoms. The highest BCUT2D eigenvalue weighted by Gasteiger charge is 2.19. The van der Waals surface area contributed by atoms with E-state index in [-0.39, 0.29) is 6.23 Å². The Morgan fingerprint density at radius 2 is 1.67 bits per heavy atom. The van der Waals surface area contributed by atoms with Crippen LogP contribution in [-0.4, -0.2) is 28.9 Å². The predicted molar refractivity (Wildman–Crippen MR) is 109 cm³/mol. The molecule has 1 N–H and O–H groups in total. The van der Waals surface area contributed by atoms with Crippen molar-refractivity contribution >= 4 is 49.1 Å². The van der Waals surface area contributed by atoms with Crippen molar-refractivity contribution in [2.24, 2.45) is 0 Å². The number of carbonyl (C=O) groups is 1. The van der Waals surface area contributed by atoms with E-state index in [1.165, 1.54) is 27.5 Å². The van der Waals surface area contributed by atoms with Crippen molar-refractivity contribution in [3.8, 4) is 5.75 Å². The smallest absolute Gasteiger partial charge is 0.333 e. The monoisotopic (exact) mass is 401 g/mol. The number of hydrogen-bond acceptors (Lipinski definition) is 5. The number of thiophene rings is 2. The lowest BCUT2D eigenvalue weighted by Gasteiger charge is -2.18. The van der Waals surface area contributed by atoms with Gasteiger partial charge in [0.05, 0.1) is 0 Å². The van der Waals surface area contributed by atoms with E-state index in [4.69, 9.17) is 14.6 Å². The summed E-state index contributed by atoms with van der Waals surface area (Å²) in [6, 6.07) is 11.8. The lowest BCUT2D eigenvalue weighted by molar-refractivity contribution is -0.148. The molecular weight excluding hydrogens is 382 g/mol. The van der Waals surface area contributed by atoms with E-state index in [1.807, 2.05) is 31.2 Å². The van der Waals surface area contributed by atoms with Crippen LogP contribution in [0.4, 0.5) is 0 Å². The molecule has 0 spiro atoms. The maximum Gasteiger partial charge on any atom is 0.333 e. The van der Waals surface area contributed by atoms with Crippen LogP contribution in [0.15, 0.2) is 47.2 Å². The van der Waals surface area contributed by atoms with Gasteiger partial charge < -0.3 is 14.6 Å². The number of rotatable bonds is 7. The molecule has 3 aromatic heterocycles. The standard InChI is InChI=1S/C20H19NO4S2/c1-12(21-18-15(7-9-26-18)16-8-10-27-19(16)21)25-14-5-3-13(4-6-14)11-17(24-2)20(22)23/h3-10,12,17H,11H2,1-2H3,(H,22,23). The molecule has 5 nitrogen and oxygen atoms in total. The lowest BCUT2D eigenvalue weighted by atomic mass is 10.1. The predicted octanol–water partition coefficient (Wildman–Crippen LogP) is 5.16. The van der Waals surface area contributed by atoms with Crippen LogP contribution in [0.2, 0.25) is 0 Å². The van der Waals surface area contributed by atoms with E-state index < -0.39 is 12.1 Å². The fourth-order valence-corrected chi connectivity index (χ4v) is 5.29. The topological polar surface area (TPSA) is 60.7 Å². The third kappa shape index (κ3) is 3.34. The van der Waals surface area contributed by atoms with Gasteiger partial charge in [0.2, 0.25) is 0 Å². The van der Waals surface area contributed by atoms with Crippen molar-refractivity contribution in [3.05, 3.63) is 52.7 Å². The molecule has 7 heteroatoms. The largest absolute Gasteiger partial charge is 0.479 e. The van der Waals surface area contributed by atoms with Crippen molar-refractivity contribution in [1.82, 2.24) is 4.57 Å². The molecule has 4 aromatic rings. The molecule has 0 aliphatic carbocycles. The van der Waals surface area contributed by atoms with Crippen LogP contribution >= 0.6 is 22.7 Å². The van der Waals surface area contributed by atoms with Gasteiger partial charge in [-0.1, -0.05) is 12.1 Å². The summed E-state index contributed by atoms with van der Waals surface area (Å²) < 4.78 is 13.4. The Bertz CT molecular complexity index is 1030. The van der Waals surface area contributed by atoms with Crippen LogP contribution in [-0.2, 0) is 16.0 Å². The highest BCUT2D eigenvalue weighted by Crippen LogP contribution is 2.38. The first-order valence-electron chi connectivity index (χ1n) is 8.54. The zero-order valence-electron chi connectivity index (χ0n) is 14.9. The molecule has 0 aliphatic heterocycles. The van der Waals surface area contributed by atoms with Crippen LogP contribution in [0.25, 0.3) is 20.4 Å². The summed E-state index contributed by atoms with van der Waals surface area (Å²) in [5.74, 6) is -0.211. The molecule has 0 saturated heterocycles. The quantitative estimate of drug-likeness (QED) is 0.465. The van der Waals surface area contributed by atoms with Gasteiger partial charge >= 0.3 is 5.97 Å². The maximum absolute atomic E-state index is 11.1. The van der Waals surface area contributed by atoms with Gasteiger partial charge in [0, 0.05) is 24.3 Å². The normalized spacial score (nSPS) is 13.9. The highest BCUT2D eigenvalue weighted by molar-refractivity contribution is 7.19. The lowest BCUT2D eigenvalue weighted by Crippen LogP contribution is -2.24. The minimum Gasteiger partial charge on any atom is -0.479 e. The van der Waals surface area contributed by atoms with Gasteiger partial charge in [0.1, 0.15) is 15.4 Å². The number of fused-ring (bicyclic) bond motifs is 3. The molecular formula is C20H19NO4S2. The van der Waals surface area contributed by atoms with Gasteiger partial charge in [-0.25, -0.2) is 4.79 Å². The van der Waals surface area contributed by atoms with Crippen LogP contribution in [0.5, 0.6) is 5.75 Å². The second-order valence-electron chi connectivity index (χ2n) is 6.28. The van der Waals surface area contributed by atoms with Crippen molar-refractivity contribution in [2.75, 3.05) is 7.11 Å². The Kier molecular flexibility index (Phi) is 4.90. The maximum atomic E-state index is 11.1. The van der Waals surface area contributed by atoms with E-state index in [0.717, 1.165) is 11.3 Å². The molecule has 0 saturated carbocycles. The average molecular weight is 402 g/mol. The summed E-state index contributed by atoms with van der Waals surface area (Å²) >= 11 is 3.44. The molecule has 0 amide bonds. The Hall–Kier alpha value is -2.35. The van der Waals surface area contributed by atoms with Crippen molar-refractivity contribution in [3.63, 3.8) is 0 Å². The molecule has 0 fully saturated rings. The van der Waals surface area contributed by atoms with E-state index in [9.17, 15) is 4.79 Å². The molecule has 1 aromatic carbocycles. The number of carboxylic acid groups (broad SMARTS) is 1. The second-order valence-corrected chi connectivity index (χ2v) is 8.07. The molecule has 2 unspecified atom stereocenters. The van der Waals surface area contributed by atoms with Crippen LogP contribution < -0.4 is 4.74 Å². The Balaban J connectivity index is 1.54. The zero-order valence-corrected chi connectivity index (χ0v) is 16.5. The molecule has 140 valence electrons.